The molecule has 0 radical (unpaired) electrons. The van der Waals surface area contributed by atoms with E-state index < -0.39 is 0 Å². The van der Waals surface area contributed by atoms with E-state index in [0.29, 0.717) is 40.1 Å². The van der Waals surface area contributed by atoms with Gasteiger partial charge in [-0.3, -0.25) is 9.59 Å². The van der Waals surface area contributed by atoms with Crippen molar-refractivity contribution < 1.29 is 9.59 Å². The van der Waals surface area contributed by atoms with Crippen molar-refractivity contribution in [3.63, 3.8) is 0 Å². The maximum Gasteiger partial charge on any atom is 0.227 e. The van der Waals surface area contributed by atoms with Crippen LogP contribution < -0.4 is 10.6 Å². The van der Waals surface area contributed by atoms with E-state index in [2.05, 4.69) is 0 Å². The lowest BCUT2D eigenvalue weighted by atomic mass is 10.1. The zero-order valence-electron chi connectivity index (χ0n) is 10.9. The number of nitrogens with two attached hydrogens (primary N) is 1. The third-order valence-electron chi connectivity index (χ3n) is 3.05. The van der Waals surface area contributed by atoms with Crippen molar-refractivity contribution in [2.45, 2.75) is 13.3 Å². The number of halogens is 2. The molecule has 1 atom stereocenters. The molecule has 2 N–H and O–H groups in total. The highest BCUT2D eigenvalue weighted by atomic mass is 35.5. The van der Waals surface area contributed by atoms with Crippen LogP contribution in [0.25, 0.3) is 0 Å². The number of rotatable bonds is 3. The Morgan fingerprint density at radius 2 is 2.20 bits per heavy atom. The predicted octanol–water partition coefficient (Wildman–Crippen LogP) is 3.21. The third-order valence-corrected chi connectivity index (χ3v) is 4.61. The van der Waals surface area contributed by atoms with Crippen LogP contribution in [0.3, 0.4) is 0 Å². The van der Waals surface area contributed by atoms with E-state index in [1.807, 2.05) is 0 Å². The van der Waals surface area contributed by atoms with Crippen LogP contribution in [-0.2, 0) is 9.59 Å². The van der Waals surface area contributed by atoms with Crippen LogP contribution in [0, 0.1) is 5.92 Å². The molecule has 20 heavy (non-hydrogen) atoms. The number of nitrogen functional groups attached to an aromatic ring is 1. The Balaban J connectivity index is 2.18. The first-order valence-corrected chi connectivity index (χ1v) is 7.81. The number of benzene rings is 1. The summed E-state index contributed by atoms with van der Waals surface area (Å²) in [6.45, 7) is 2.04. The fourth-order valence-corrected chi connectivity index (χ4v) is 3.52. The van der Waals surface area contributed by atoms with Gasteiger partial charge in [0.15, 0.2) is 5.12 Å². The topological polar surface area (TPSA) is 63.4 Å². The van der Waals surface area contributed by atoms with Crippen LogP contribution in [0.15, 0.2) is 12.1 Å². The number of anilines is 2. The lowest BCUT2D eigenvalue weighted by Crippen LogP contribution is -2.26. The molecule has 4 nitrogen and oxygen atoms in total. The Hall–Kier alpha value is -0.910. The minimum absolute atomic E-state index is 0.0323. The number of hydrogen-bond acceptors (Lipinski definition) is 4. The second-order valence-electron chi connectivity index (χ2n) is 4.70. The Morgan fingerprint density at radius 3 is 2.80 bits per heavy atom. The molecule has 1 saturated heterocycles. The Morgan fingerprint density at radius 1 is 1.50 bits per heavy atom. The maximum absolute atomic E-state index is 12.1. The molecule has 1 unspecified atom stereocenters. The summed E-state index contributed by atoms with van der Waals surface area (Å²) in [4.78, 5) is 24.7. The summed E-state index contributed by atoms with van der Waals surface area (Å²) < 4.78 is 0. The quantitative estimate of drug-likeness (QED) is 0.863. The fourth-order valence-electron chi connectivity index (χ4n) is 2.22. The molecular weight excluding hydrogens is 319 g/mol. The van der Waals surface area contributed by atoms with E-state index in [0.717, 1.165) is 0 Å². The summed E-state index contributed by atoms with van der Waals surface area (Å²) in [5.74, 6) is 0.723. The maximum atomic E-state index is 12.1. The summed E-state index contributed by atoms with van der Waals surface area (Å²) in [7, 11) is 0. The van der Waals surface area contributed by atoms with Gasteiger partial charge < -0.3 is 10.6 Å². The average Bonchev–Trinajstić information content (AvgIpc) is 2.67. The monoisotopic (exact) mass is 332 g/mol. The van der Waals surface area contributed by atoms with Gasteiger partial charge in [0.2, 0.25) is 5.91 Å². The lowest BCUT2D eigenvalue weighted by molar-refractivity contribution is -0.117. The van der Waals surface area contributed by atoms with Gasteiger partial charge in [0.25, 0.3) is 0 Å². The number of amides is 1. The Kier molecular flexibility index (Phi) is 4.83. The van der Waals surface area contributed by atoms with Crippen molar-refractivity contribution in [1.82, 2.24) is 0 Å². The van der Waals surface area contributed by atoms with Crippen LogP contribution in [0.2, 0.25) is 10.0 Å². The second kappa shape index (κ2) is 6.24. The van der Waals surface area contributed by atoms with Gasteiger partial charge in [0.05, 0.1) is 16.4 Å². The minimum Gasteiger partial charge on any atom is -0.397 e. The number of carbonyl (C=O) groups is 2. The van der Waals surface area contributed by atoms with Crippen LogP contribution in [-0.4, -0.2) is 23.3 Å². The van der Waals surface area contributed by atoms with Gasteiger partial charge in [-0.1, -0.05) is 35.0 Å². The van der Waals surface area contributed by atoms with Crippen molar-refractivity contribution in [3.05, 3.63) is 22.2 Å². The van der Waals surface area contributed by atoms with Crippen molar-refractivity contribution in [1.29, 1.82) is 0 Å². The third kappa shape index (κ3) is 3.40. The standard InChI is InChI=1S/C13H14Cl2N2O2S/c1-7(18)20-6-8-2-12(19)17(5-8)13-10(15)3-9(14)4-11(13)16/h3-4,8H,2,5-6,16H2,1H3. The van der Waals surface area contributed by atoms with Gasteiger partial charge in [-0.25, -0.2) is 0 Å². The molecule has 108 valence electrons. The predicted molar refractivity (Wildman–Crippen MR) is 84.5 cm³/mol. The van der Waals surface area contributed by atoms with E-state index in [-0.39, 0.29) is 16.9 Å². The highest BCUT2D eigenvalue weighted by Gasteiger charge is 2.33. The van der Waals surface area contributed by atoms with Crippen LogP contribution in [0.1, 0.15) is 13.3 Å². The smallest absolute Gasteiger partial charge is 0.227 e. The molecule has 1 aromatic carbocycles. The SMILES string of the molecule is CC(=O)SCC1CC(=O)N(c2c(N)cc(Cl)cc2Cl)C1. The Labute approximate surface area is 131 Å². The molecular formula is C13H14Cl2N2O2S. The fraction of sp³-hybridized carbons (Fsp3) is 0.385. The molecule has 1 aliphatic heterocycles. The number of hydrogen-bond donors (Lipinski definition) is 1. The molecule has 1 heterocycles. The summed E-state index contributed by atoms with van der Waals surface area (Å²) in [6, 6.07) is 3.15. The zero-order chi connectivity index (χ0) is 14.9. The van der Waals surface area contributed by atoms with Gasteiger partial charge in [-0.2, -0.15) is 0 Å². The summed E-state index contributed by atoms with van der Waals surface area (Å²) in [5.41, 5.74) is 6.81. The van der Waals surface area contributed by atoms with E-state index in [4.69, 9.17) is 28.9 Å². The molecule has 2 rings (SSSR count). The number of nitrogens with zero attached hydrogens (tertiary/aromatic N) is 1. The zero-order valence-corrected chi connectivity index (χ0v) is 13.2. The first-order valence-electron chi connectivity index (χ1n) is 6.06. The van der Waals surface area contributed by atoms with Crippen molar-refractivity contribution in [2.75, 3.05) is 22.9 Å². The molecule has 0 saturated carbocycles. The van der Waals surface area contributed by atoms with Crippen LogP contribution in [0.5, 0.6) is 0 Å². The molecule has 1 aromatic rings. The summed E-state index contributed by atoms with van der Waals surface area (Å²) >= 11 is 13.2. The van der Waals surface area contributed by atoms with Gasteiger partial charge in [-0.05, 0) is 18.1 Å². The summed E-state index contributed by atoms with van der Waals surface area (Å²) in [5, 5.41) is 0.856. The molecule has 0 aliphatic carbocycles. The lowest BCUT2D eigenvalue weighted by Gasteiger charge is -2.20. The normalized spacial score (nSPS) is 18.6. The largest absolute Gasteiger partial charge is 0.397 e. The molecule has 0 bridgehead atoms. The van der Waals surface area contributed by atoms with Gasteiger partial charge in [0, 0.05) is 30.7 Å². The van der Waals surface area contributed by atoms with E-state index in [9.17, 15) is 9.59 Å². The first kappa shape index (κ1) is 15.5. The van der Waals surface area contributed by atoms with E-state index in [1.165, 1.54) is 18.7 Å². The van der Waals surface area contributed by atoms with Gasteiger partial charge >= 0.3 is 0 Å². The van der Waals surface area contributed by atoms with Crippen LogP contribution in [0.4, 0.5) is 11.4 Å². The molecule has 1 fully saturated rings. The van der Waals surface area contributed by atoms with Crippen molar-refractivity contribution in [2.24, 2.45) is 5.92 Å². The molecule has 1 aliphatic rings. The van der Waals surface area contributed by atoms with E-state index in [1.54, 1.807) is 17.0 Å². The van der Waals surface area contributed by atoms with Crippen LogP contribution >= 0.6 is 35.0 Å². The minimum atomic E-state index is -0.0323. The molecule has 0 aromatic heterocycles. The molecule has 0 spiro atoms. The molecule has 1 amide bonds. The van der Waals surface area contributed by atoms with E-state index >= 15 is 0 Å². The second-order valence-corrected chi connectivity index (χ2v) is 6.74. The first-order chi connectivity index (χ1) is 9.38. The average molecular weight is 333 g/mol. The van der Waals surface area contributed by atoms with Gasteiger partial charge in [-0.15, -0.1) is 0 Å². The van der Waals surface area contributed by atoms with Gasteiger partial charge in [0.1, 0.15) is 0 Å². The highest BCUT2D eigenvalue weighted by Crippen LogP contribution is 2.38. The number of carbonyl (C=O) groups excluding carboxylic acids is 2. The molecule has 7 heteroatoms. The van der Waals surface area contributed by atoms with Crippen molar-refractivity contribution >= 4 is 57.4 Å². The number of thioether (sulfide) groups is 1. The highest BCUT2D eigenvalue weighted by molar-refractivity contribution is 8.13. The summed E-state index contributed by atoms with van der Waals surface area (Å²) in [6.07, 6.45) is 0.401. The Bertz CT molecular complexity index is 542. The van der Waals surface area contributed by atoms with Crippen molar-refractivity contribution in [3.8, 4) is 0 Å².